The van der Waals surface area contributed by atoms with Gasteiger partial charge in [0.2, 0.25) is 0 Å². The molecular weight excluding hydrogens is 370 g/mol. The summed E-state index contributed by atoms with van der Waals surface area (Å²) in [5.41, 5.74) is 5.25. The molecule has 2 N–H and O–H groups in total. The number of fused-ring (bicyclic) bond motifs is 6. The van der Waals surface area contributed by atoms with Gasteiger partial charge in [0.1, 0.15) is 0 Å². The second-order valence-corrected chi connectivity index (χ2v) is 12.2. The van der Waals surface area contributed by atoms with Crippen LogP contribution >= 0.6 is 0 Å². The third-order valence-electron chi connectivity index (χ3n) is 10.9. The number of hydrogen-bond donors (Lipinski definition) is 2. The summed E-state index contributed by atoms with van der Waals surface area (Å²) in [5.74, 6) is 3.64. The predicted octanol–water partition coefficient (Wildman–Crippen LogP) is 5.00. The van der Waals surface area contributed by atoms with E-state index in [9.17, 15) is 5.11 Å². The molecule has 2 saturated carbocycles. The fraction of sp³-hybridized carbons (Fsp3) is 0.852. The van der Waals surface area contributed by atoms with Gasteiger partial charge in [0.05, 0.1) is 17.8 Å². The standard InChI is InChI=1S/C27H41NO2/c1-15-11-24-25(28-14-15)17(3)27(30-24)10-8-20-21-6-5-18-12-19(29)7-9-26(18,4)23(21)13-22(20)16(27)2/h5,15,17,19-21,23-25,28-29H,6-14H2,1-4H3/t15?,17-,19+,20+,21?,23+,24-,25+,26?,27?/m1/s1. The number of aliphatic hydroxyl groups is 1. The van der Waals surface area contributed by atoms with Crippen LogP contribution in [0.1, 0.15) is 79.1 Å². The van der Waals surface area contributed by atoms with Gasteiger partial charge in [-0.2, -0.15) is 0 Å². The highest BCUT2D eigenvalue weighted by atomic mass is 16.5. The van der Waals surface area contributed by atoms with Crippen LogP contribution in [-0.2, 0) is 4.74 Å². The summed E-state index contributed by atoms with van der Waals surface area (Å²) in [4.78, 5) is 0. The Hall–Kier alpha value is -0.640. The summed E-state index contributed by atoms with van der Waals surface area (Å²) in [7, 11) is 0. The lowest BCUT2D eigenvalue weighted by Crippen LogP contribution is -2.49. The molecule has 4 unspecified atom stereocenters. The molecular formula is C27H41NO2. The Labute approximate surface area is 182 Å². The average Bonchev–Trinajstić information content (AvgIpc) is 3.23. The van der Waals surface area contributed by atoms with Crippen molar-refractivity contribution >= 4 is 0 Å². The van der Waals surface area contributed by atoms with Gasteiger partial charge in [0, 0.05) is 12.0 Å². The maximum atomic E-state index is 10.3. The van der Waals surface area contributed by atoms with Crippen LogP contribution in [-0.4, -0.2) is 35.5 Å². The van der Waals surface area contributed by atoms with E-state index < -0.39 is 0 Å². The molecule has 0 aromatic carbocycles. The van der Waals surface area contributed by atoms with E-state index in [4.69, 9.17) is 4.74 Å². The molecule has 0 bridgehead atoms. The van der Waals surface area contributed by atoms with Gasteiger partial charge in [-0.15, -0.1) is 0 Å². The molecule has 6 aliphatic rings. The third-order valence-corrected chi connectivity index (χ3v) is 10.9. The molecule has 166 valence electrons. The molecule has 2 heterocycles. The first-order valence-electron chi connectivity index (χ1n) is 12.8. The number of hydrogen-bond acceptors (Lipinski definition) is 3. The molecule has 0 aromatic heterocycles. The van der Waals surface area contributed by atoms with E-state index in [1.165, 1.54) is 38.5 Å². The molecule has 3 heteroatoms. The van der Waals surface area contributed by atoms with Gasteiger partial charge >= 0.3 is 0 Å². The molecule has 6 rings (SSSR count). The topological polar surface area (TPSA) is 41.5 Å². The van der Waals surface area contributed by atoms with Crippen LogP contribution < -0.4 is 5.32 Å². The largest absolute Gasteiger partial charge is 0.393 e. The quantitative estimate of drug-likeness (QED) is 0.551. The molecule has 0 radical (unpaired) electrons. The van der Waals surface area contributed by atoms with Gasteiger partial charge in [-0.25, -0.2) is 0 Å². The maximum absolute atomic E-state index is 10.3. The Balaban J connectivity index is 1.34. The van der Waals surface area contributed by atoms with Crippen molar-refractivity contribution in [2.24, 2.45) is 35.0 Å². The van der Waals surface area contributed by atoms with Crippen molar-refractivity contribution in [3.8, 4) is 0 Å². The summed E-state index contributed by atoms with van der Waals surface area (Å²) >= 11 is 0. The molecule has 0 aromatic rings. The number of aliphatic hydroxyl groups excluding tert-OH is 1. The van der Waals surface area contributed by atoms with Gasteiger partial charge in [-0.1, -0.05) is 38.0 Å². The zero-order valence-corrected chi connectivity index (χ0v) is 19.4. The average molecular weight is 412 g/mol. The first-order valence-corrected chi connectivity index (χ1v) is 12.8. The van der Waals surface area contributed by atoms with Crippen LogP contribution in [0.3, 0.4) is 0 Å². The van der Waals surface area contributed by atoms with E-state index in [0.717, 1.165) is 43.1 Å². The van der Waals surface area contributed by atoms with Crippen LogP contribution in [0.5, 0.6) is 0 Å². The predicted molar refractivity (Wildman–Crippen MR) is 120 cm³/mol. The minimum Gasteiger partial charge on any atom is -0.393 e. The minimum absolute atomic E-state index is 0.0222. The molecule has 1 spiro atoms. The van der Waals surface area contributed by atoms with E-state index in [1.807, 2.05) is 0 Å². The highest BCUT2D eigenvalue weighted by molar-refractivity contribution is 5.38. The van der Waals surface area contributed by atoms with E-state index in [-0.39, 0.29) is 11.7 Å². The minimum atomic E-state index is -0.111. The lowest BCUT2D eigenvalue weighted by Gasteiger charge is -2.49. The Bertz CT molecular complexity index is 801. The molecule has 4 fully saturated rings. The Kier molecular flexibility index (Phi) is 4.46. The van der Waals surface area contributed by atoms with Crippen molar-refractivity contribution in [1.29, 1.82) is 0 Å². The molecule has 2 aliphatic heterocycles. The monoisotopic (exact) mass is 411 g/mol. The third kappa shape index (κ3) is 2.55. The molecule has 4 aliphatic carbocycles. The van der Waals surface area contributed by atoms with Crippen molar-refractivity contribution in [1.82, 2.24) is 5.32 Å². The molecule has 3 nitrogen and oxygen atoms in total. The van der Waals surface area contributed by atoms with Gasteiger partial charge in [-0.3, -0.25) is 0 Å². The molecule has 10 atom stereocenters. The SMILES string of the molecule is CC1=C2C[C@H]3C(CC=C4C[C@@H](O)CCC43C)[C@@H]2CCC12O[C@@H]1CC(C)CN[C@H]1[C@H]2C. The Morgan fingerprint density at radius 1 is 1.17 bits per heavy atom. The summed E-state index contributed by atoms with van der Waals surface area (Å²) in [5, 5.41) is 14.1. The second-order valence-electron chi connectivity index (χ2n) is 12.2. The maximum Gasteiger partial charge on any atom is 0.0937 e. The normalized spacial score (nSPS) is 55.0. The van der Waals surface area contributed by atoms with Crippen LogP contribution in [0.2, 0.25) is 0 Å². The highest BCUT2D eigenvalue weighted by Crippen LogP contribution is 2.65. The van der Waals surface area contributed by atoms with Crippen molar-refractivity contribution in [3.05, 3.63) is 22.8 Å². The smallest absolute Gasteiger partial charge is 0.0937 e. The molecule has 30 heavy (non-hydrogen) atoms. The van der Waals surface area contributed by atoms with E-state index >= 15 is 0 Å². The van der Waals surface area contributed by atoms with Crippen LogP contribution in [0.15, 0.2) is 22.8 Å². The van der Waals surface area contributed by atoms with E-state index in [2.05, 4.69) is 39.1 Å². The van der Waals surface area contributed by atoms with Gasteiger partial charge in [0.25, 0.3) is 0 Å². The zero-order valence-electron chi connectivity index (χ0n) is 19.4. The lowest BCUT2D eigenvalue weighted by atomic mass is 9.56. The van der Waals surface area contributed by atoms with Crippen molar-refractivity contribution in [2.75, 3.05) is 6.54 Å². The molecule has 2 saturated heterocycles. The zero-order chi connectivity index (χ0) is 20.8. The fourth-order valence-corrected chi connectivity index (χ4v) is 9.09. The first-order chi connectivity index (χ1) is 14.3. The fourth-order valence-electron chi connectivity index (χ4n) is 9.09. The number of ether oxygens (including phenoxy) is 1. The van der Waals surface area contributed by atoms with Crippen LogP contribution in [0.4, 0.5) is 0 Å². The number of rotatable bonds is 0. The van der Waals surface area contributed by atoms with Crippen molar-refractivity contribution < 1.29 is 9.84 Å². The van der Waals surface area contributed by atoms with Crippen molar-refractivity contribution in [3.63, 3.8) is 0 Å². The highest BCUT2D eigenvalue weighted by Gasteiger charge is 2.60. The number of nitrogens with one attached hydrogen (secondary N) is 1. The summed E-state index contributed by atoms with van der Waals surface area (Å²) in [6.07, 6.45) is 12.2. The lowest BCUT2D eigenvalue weighted by molar-refractivity contribution is -0.0549. The van der Waals surface area contributed by atoms with Gasteiger partial charge in [-0.05, 0) is 99.5 Å². The Morgan fingerprint density at radius 2 is 2.00 bits per heavy atom. The van der Waals surface area contributed by atoms with Crippen LogP contribution in [0.25, 0.3) is 0 Å². The Morgan fingerprint density at radius 3 is 2.83 bits per heavy atom. The van der Waals surface area contributed by atoms with Gasteiger partial charge < -0.3 is 15.2 Å². The molecule has 0 amide bonds. The van der Waals surface area contributed by atoms with E-state index in [0.29, 0.717) is 23.5 Å². The van der Waals surface area contributed by atoms with Crippen LogP contribution in [0, 0.1) is 35.0 Å². The number of allylic oxidation sites excluding steroid dienone is 2. The summed E-state index contributed by atoms with van der Waals surface area (Å²) in [6.45, 7) is 10.9. The van der Waals surface area contributed by atoms with E-state index in [1.54, 1.807) is 16.7 Å². The van der Waals surface area contributed by atoms with Crippen molar-refractivity contribution in [2.45, 2.75) is 103 Å². The van der Waals surface area contributed by atoms with Gasteiger partial charge in [0.15, 0.2) is 0 Å². The second kappa shape index (κ2) is 6.68. The first kappa shape index (κ1) is 20.0. The summed E-state index contributed by atoms with van der Waals surface area (Å²) < 4.78 is 7.03. The number of piperidine rings is 1. The summed E-state index contributed by atoms with van der Waals surface area (Å²) in [6, 6.07) is 0.530.